The van der Waals surface area contributed by atoms with E-state index >= 15 is 0 Å². The van der Waals surface area contributed by atoms with Gasteiger partial charge in [-0.3, -0.25) is 0 Å². The second-order valence-corrected chi connectivity index (χ2v) is 2.22. The molecule has 0 aliphatic heterocycles. The second-order valence-electron chi connectivity index (χ2n) is 2.22. The minimum atomic E-state index is 0.160. The maximum Gasteiger partial charge on any atom is 0.0991 e. The highest BCUT2D eigenvalue weighted by molar-refractivity contribution is 5.12. The van der Waals surface area contributed by atoms with E-state index in [2.05, 4.69) is 0 Å². The van der Waals surface area contributed by atoms with Crippen molar-refractivity contribution in [3.05, 3.63) is 11.4 Å². The number of allylic oxidation sites excluding steroid dienone is 2. The van der Waals surface area contributed by atoms with Gasteiger partial charge in [-0.05, 0) is 31.3 Å². The molecule has 0 saturated carbocycles. The molecule has 0 saturated heterocycles. The topological polar surface area (TPSA) is 0 Å². The van der Waals surface area contributed by atoms with E-state index in [0.29, 0.717) is 6.42 Å². The van der Waals surface area contributed by atoms with Crippen LogP contribution in [0.25, 0.3) is 0 Å². The lowest BCUT2D eigenvalue weighted by atomic mass is 10.2. The van der Waals surface area contributed by atoms with Crippen molar-refractivity contribution in [1.29, 1.82) is 0 Å². The van der Waals surface area contributed by atoms with Crippen LogP contribution in [0.1, 0.15) is 32.6 Å². The zero-order valence-corrected chi connectivity index (χ0v) is 5.21. The average Bonchev–Trinajstić information content (AvgIpc) is 2.14. The summed E-state index contributed by atoms with van der Waals surface area (Å²) in [4.78, 5) is 0. The van der Waals surface area contributed by atoms with E-state index in [-0.39, 0.29) is 5.83 Å². The van der Waals surface area contributed by atoms with Crippen LogP contribution in [0.5, 0.6) is 0 Å². The molecule has 1 aliphatic rings. The van der Waals surface area contributed by atoms with Crippen molar-refractivity contribution >= 4 is 0 Å². The minimum absolute atomic E-state index is 0.160. The Morgan fingerprint density at radius 2 is 2.25 bits per heavy atom. The van der Waals surface area contributed by atoms with E-state index < -0.39 is 0 Å². The molecule has 0 aromatic rings. The molecule has 0 aromatic carbocycles. The van der Waals surface area contributed by atoms with E-state index in [0.717, 1.165) is 24.8 Å². The number of hydrogen-bond acceptors (Lipinski definition) is 0. The first-order valence-corrected chi connectivity index (χ1v) is 3.21. The number of rotatable bonds is 1. The normalized spacial score (nSPS) is 20.2. The van der Waals surface area contributed by atoms with Crippen molar-refractivity contribution in [2.75, 3.05) is 0 Å². The molecule has 0 bridgehead atoms. The summed E-state index contributed by atoms with van der Waals surface area (Å²) in [5.41, 5.74) is 1.05. The average molecular weight is 114 g/mol. The maximum absolute atomic E-state index is 12.5. The Bertz CT molecular complexity index is 114. The van der Waals surface area contributed by atoms with Gasteiger partial charge in [-0.25, -0.2) is 4.39 Å². The van der Waals surface area contributed by atoms with Gasteiger partial charge in [0.2, 0.25) is 0 Å². The van der Waals surface area contributed by atoms with Gasteiger partial charge in [0.15, 0.2) is 0 Å². The van der Waals surface area contributed by atoms with E-state index in [9.17, 15) is 4.39 Å². The molecule has 1 heteroatoms. The quantitative estimate of drug-likeness (QED) is 0.491. The summed E-state index contributed by atoms with van der Waals surface area (Å²) in [5, 5.41) is 0. The van der Waals surface area contributed by atoms with Gasteiger partial charge >= 0.3 is 0 Å². The summed E-state index contributed by atoms with van der Waals surface area (Å²) in [6.45, 7) is 2.01. The van der Waals surface area contributed by atoms with E-state index in [1.807, 2.05) is 6.92 Å². The fourth-order valence-corrected chi connectivity index (χ4v) is 1.14. The summed E-state index contributed by atoms with van der Waals surface area (Å²) in [5.74, 6) is 0.160. The van der Waals surface area contributed by atoms with Crippen molar-refractivity contribution in [3.8, 4) is 0 Å². The standard InChI is InChI=1S/C7H11F/c1-2-6-4-3-5-7(6)8/h2-5H2,1H3. The van der Waals surface area contributed by atoms with Crippen LogP contribution in [0.2, 0.25) is 0 Å². The fraction of sp³-hybridized carbons (Fsp3) is 0.714. The molecular formula is C7H11F. The summed E-state index contributed by atoms with van der Waals surface area (Å²) in [7, 11) is 0. The molecular weight excluding hydrogens is 103 g/mol. The first-order valence-electron chi connectivity index (χ1n) is 3.21. The van der Waals surface area contributed by atoms with Crippen LogP contribution >= 0.6 is 0 Å². The summed E-state index contributed by atoms with van der Waals surface area (Å²) in [6.07, 6.45) is 3.65. The van der Waals surface area contributed by atoms with Gasteiger partial charge in [-0.2, -0.15) is 0 Å². The van der Waals surface area contributed by atoms with Gasteiger partial charge in [0.25, 0.3) is 0 Å². The Morgan fingerprint density at radius 1 is 1.50 bits per heavy atom. The first-order chi connectivity index (χ1) is 3.84. The third-order valence-electron chi connectivity index (χ3n) is 1.69. The lowest BCUT2D eigenvalue weighted by Crippen LogP contribution is -1.72. The molecule has 0 unspecified atom stereocenters. The molecule has 0 spiro atoms. The zero-order chi connectivity index (χ0) is 5.98. The highest BCUT2D eigenvalue weighted by atomic mass is 19.1. The Labute approximate surface area is 49.4 Å². The van der Waals surface area contributed by atoms with Gasteiger partial charge in [0.05, 0.1) is 5.83 Å². The molecule has 0 amide bonds. The van der Waals surface area contributed by atoms with Crippen molar-refractivity contribution in [3.63, 3.8) is 0 Å². The molecule has 0 aromatic heterocycles. The Morgan fingerprint density at radius 3 is 2.50 bits per heavy atom. The summed E-state index contributed by atoms with van der Waals surface area (Å²) in [6, 6.07) is 0. The predicted molar refractivity (Wildman–Crippen MR) is 32.3 cm³/mol. The van der Waals surface area contributed by atoms with Gasteiger partial charge in [-0.1, -0.05) is 6.92 Å². The van der Waals surface area contributed by atoms with Gasteiger partial charge in [-0.15, -0.1) is 0 Å². The van der Waals surface area contributed by atoms with Crippen molar-refractivity contribution in [2.24, 2.45) is 0 Å². The maximum atomic E-state index is 12.5. The molecule has 8 heavy (non-hydrogen) atoms. The van der Waals surface area contributed by atoms with Crippen molar-refractivity contribution < 1.29 is 4.39 Å². The third kappa shape index (κ3) is 0.908. The molecule has 46 valence electrons. The largest absolute Gasteiger partial charge is 0.212 e. The van der Waals surface area contributed by atoms with Gasteiger partial charge in [0, 0.05) is 0 Å². The summed E-state index contributed by atoms with van der Waals surface area (Å²) >= 11 is 0. The summed E-state index contributed by atoms with van der Waals surface area (Å²) < 4.78 is 12.5. The number of halogens is 1. The first kappa shape index (κ1) is 5.80. The highest BCUT2D eigenvalue weighted by Gasteiger charge is 2.10. The van der Waals surface area contributed by atoms with Gasteiger partial charge in [0.1, 0.15) is 0 Å². The predicted octanol–water partition coefficient (Wildman–Crippen LogP) is 2.80. The molecule has 1 aliphatic carbocycles. The zero-order valence-electron chi connectivity index (χ0n) is 5.21. The Balaban J connectivity index is 2.58. The molecule has 0 atom stereocenters. The van der Waals surface area contributed by atoms with Crippen molar-refractivity contribution in [1.82, 2.24) is 0 Å². The van der Waals surface area contributed by atoms with Crippen LogP contribution in [0, 0.1) is 0 Å². The molecule has 0 radical (unpaired) electrons. The lowest BCUT2D eigenvalue weighted by Gasteiger charge is -1.91. The SMILES string of the molecule is CCC1=C(F)CCC1. The molecule has 0 nitrogen and oxygen atoms in total. The van der Waals surface area contributed by atoms with Crippen LogP contribution in [0.15, 0.2) is 11.4 Å². The van der Waals surface area contributed by atoms with Gasteiger partial charge < -0.3 is 0 Å². The van der Waals surface area contributed by atoms with E-state index in [1.54, 1.807) is 0 Å². The lowest BCUT2D eigenvalue weighted by molar-refractivity contribution is 0.598. The monoisotopic (exact) mass is 114 g/mol. The van der Waals surface area contributed by atoms with Crippen LogP contribution in [-0.4, -0.2) is 0 Å². The molecule has 1 rings (SSSR count). The molecule has 0 heterocycles. The van der Waals surface area contributed by atoms with E-state index in [1.165, 1.54) is 0 Å². The molecule has 0 fully saturated rings. The third-order valence-corrected chi connectivity index (χ3v) is 1.69. The van der Waals surface area contributed by atoms with Crippen LogP contribution in [-0.2, 0) is 0 Å². The Hall–Kier alpha value is -0.330. The van der Waals surface area contributed by atoms with Crippen molar-refractivity contribution in [2.45, 2.75) is 32.6 Å². The van der Waals surface area contributed by atoms with Crippen LogP contribution in [0.4, 0.5) is 4.39 Å². The van der Waals surface area contributed by atoms with E-state index in [4.69, 9.17) is 0 Å². The molecule has 0 N–H and O–H groups in total. The van der Waals surface area contributed by atoms with Crippen LogP contribution in [0.3, 0.4) is 0 Å². The smallest absolute Gasteiger partial charge is 0.0991 e. The number of hydrogen-bond donors (Lipinski definition) is 0. The highest BCUT2D eigenvalue weighted by Crippen LogP contribution is 2.28. The fourth-order valence-electron chi connectivity index (χ4n) is 1.14. The Kier molecular flexibility index (Phi) is 1.66. The van der Waals surface area contributed by atoms with Crippen LogP contribution < -0.4 is 0 Å². The minimum Gasteiger partial charge on any atom is -0.212 e. The second kappa shape index (κ2) is 2.29.